The number of benzene rings is 1. The second kappa shape index (κ2) is 5.69. The maximum atomic E-state index is 11.1. The summed E-state index contributed by atoms with van der Waals surface area (Å²) in [6.45, 7) is 6.71. The first-order valence-corrected chi connectivity index (χ1v) is 6.43. The molecule has 0 saturated heterocycles. The quantitative estimate of drug-likeness (QED) is 0.774. The van der Waals surface area contributed by atoms with Crippen molar-refractivity contribution in [3.05, 3.63) is 36.0 Å². The van der Waals surface area contributed by atoms with Gasteiger partial charge in [0.2, 0.25) is 0 Å². The van der Waals surface area contributed by atoms with Crippen molar-refractivity contribution in [2.45, 2.75) is 33.4 Å². The van der Waals surface area contributed by atoms with Crippen LogP contribution in [0.1, 0.15) is 31.1 Å². The van der Waals surface area contributed by atoms with E-state index < -0.39 is 0 Å². The van der Waals surface area contributed by atoms with Crippen LogP contribution >= 0.6 is 0 Å². The zero-order chi connectivity index (χ0) is 13.8. The van der Waals surface area contributed by atoms with Crippen LogP contribution in [0, 0.1) is 0 Å². The Bertz CT molecular complexity index is 556. The van der Waals surface area contributed by atoms with E-state index in [-0.39, 0.29) is 6.10 Å². The summed E-state index contributed by atoms with van der Waals surface area (Å²) in [7, 11) is 0. The average Bonchev–Trinajstić information content (AvgIpc) is 2.82. The third kappa shape index (κ3) is 3.02. The lowest BCUT2D eigenvalue weighted by molar-refractivity contribution is 0.112. The van der Waals surface area contributed by atoms with E-state index in [1.807, 2.05) is 45.0 Å². The predicted octanol–water partition coefficient (Wildman–Crippen LogP) is 3.17. The summed E-state index contributed by atoms with van der Waals surface area (Å²) in [6, 6.07) is 7.64. The molecule has 1 aromatic heterocycles. The van der Waals surface area contributed by atoms with Crippen LogP contribution in [-0.4, -0.2) is 22.2 Å². The first-order chi connectivity index (χ1) is 9.13. The zero-order valence-electron chi connectivity index (χ0n) is 11.5. The van der Waals surface area contributed by atoms with Gasteiger partial charge in [-0.05, 0) is 45.0 Å². The molecule has 0 amide bonds. The van der Waals surface area contributed by atoms with Crippen LogP contribution in [0.25, 0.3) is 11.3 Å². The molecule has 0 aliphatic carbocycles. The van der Waals surface area contributed by atoms with E-state index in [9.17, 15) is 4.79 Å². The summed E-state index contributed by atoms with van der Waals surface area (Å²) in [5, 5.41) is 4.40. The van der Waals surface area contributed by atoms with E-state index >= 15 is 0 Å². The highest BCUT2D eigenvalue weighted by Gasteiger charge is 2.10. The molecular weight excluding hydrogens is 240 g/mol. The molecule has 100 valence electrons. The fraction of sp³-hybridized carbons (Fsp3) is 0.333. The number of ether oxygens (including phenoxy) is 1. The van der Waals surface area contributed by atoms with Gasteiger partial charge in [-0.1, -0.05) is 0 Å². The van der Waals surface area contributed by atoms with Crippen LogP contribution in [0.5, 0.6) is 5.75 Å². The maximum absolute atomic E-state index is 11.1. The Kier molecular flexibility index (Phi) is 4.00. The van der Waals surface area contributed by atoms with Gasteiger partial charge in [0.05, 0.1) is 11.7 Å². The van der Waals surface area contributed by atoms with Crippen LogP contribution in [0.4, 0.5) is 0 Å². The van der Waals surface area contributed by atoms with Crippen LogP contribution in [0.3, 0.4) is 0 Å². The van der Waals surface area contributed by atoms with Gasteiger partial charge >= 0.3 is 0 Å². The SMILES string of the molecule is CCn1cc(C=O)c(-c2ccc(OC(C)C)cc2)n1. The highest BCUT2D eigenvalue weighted by Crippen LogP contribution is 2.24. The molecule has 0 radical (unpaired) electrons. The van der Waals surface area contributed by atoms with Gasteiger partial charge in [-0.25, -0.2) is 0 Å². The van der Waals surface area contributed by atoms with E-state index in [2.05, 4.69) is 5.10 Å². The Balaban J connectivity index is 2.31. The molecule has 0 aliphatic heterocycles. The minimum atomic E-state index is 0.149. The Morgan fingerprint density at radius 2 is 2.00 bits per heavy atom. The number of carbonyl (C=O) groups excluding carboxylic acids is 1. The van der Waals surface area contributed by atoms with Gasteiger partial charge < -0.3 is 4.74 Å². The third-order valence-corrected chi connectivity index (χ3v) is 2.74. The highest BCUT2D eigenvalue weighted by atomic mass is 16.5. The summed E-state index contributed by atoms with van der Waals surface area (Å²) >= 11 is 0. The van der Waals surface area contributed by atoms with E-state index in [0.717, 1.165) is 24.1 Å². The number of nitrogens with zero attached hydrogens (tertiary/aromatic N) is 2. The fourth-order valence-corrected chi connectivity index (χ4v) is 1.87. The number of aromatic nitrogens is 2. The van der Waals surface area contributed by atoms with Crippen LogP contribution in [-0.2, 0) is 6.54 Å². The molecule has 2 aromatic rings. The molecule has 0 atom stereocenters. The van der Waals surface area contributed by atoms with Crippen molar-refractivity contribution in [1.82, 2.24) is 9.78 Å². The summed E-state index contributed by atoms with van der Waals surface area (Å²) in [5.74, 6) is 0.821. The topological polar surface area (TPSA) is 44.1 Å². The molecule has 0 unspecified atom stereocenters. The summed E-state index contributed by atoms with van der Waals surface area (Å²) in [6.07, 6.45) is 2.75. The van der Waals surface area contributed by atoms with Gasteiger partial charge in [0.1, 0.15) is 11.4 Å². The van der Waals surface area contributed by atoms with Crippen LogP contribution in [0.2, 0.25) is 0 Å². The number of rotatable bonds is 5. The zero-order valence-corrected chi connectivity index (χ0v) is 11.5. The van der Waals surface area contributed by atoms with Gasteiger partial charge in [0.25, 0.3) is 0 Å². The van der Waals surface area contributed by atoms with Crippen molar-refractivity contribution in [2.75, 3.05) is 0 Å². The molecule has 0 aliphatic rings. The predicted molar refractivity (Wildman–Crippen MR) is 74.5 cm³/mol. The van der Waals surface area contributed by atoms with Gasteiger partial charge in [0.15, 0.2) is 6.29 Å². The molecule has 0 N–H and O–H groups in total. The van der Waals surface area contributed by atoms with E-state index in [1.165, 1.54) is 0 Å². The van der Waals surface area contributed by atoms with Crippen LogP contribution in [0.15, 0.2) is 30.5 Å². The molecule has 4 nitrogen and oxygen atoms in total. The Hall–Kier alpha value is -2.10. The van der Waals surface area contributed by atoms with Gasteiger partial charge in [-0.2, -0.15) is 5.10 Å². The third-order valence-electron chi connectivity index (χ3n) is 2.74. The average molecular weight is 258 g/mol. The number of hydrogen-bond acceptors (Lipinski definition) is 3. The molecule has 0 fully saturated rings. The van der Waals surface area contributed by atoms with Crippen molar-refractivity contribution < 1.29 is 9.53 Å². The molecule has 0 spiro atoms. The molecule has 1 heterocycles. The Labute approximate surface area is 113 Å². The molecule has 0 saturated carbocycles. The second-order valence-corrected chi connectivity index (χ2v) is 4.60. The van der Waals surface area contributed by atoms with Crippen molar-refractivity contribution >= 4 is 6.29 Å². The van der Waals surface area contributed by atoms with E-state index in [1.54, 1.807) is 10.9 Å². The lowest BCUT2D eigenvalue weighted by Crippen LogP contribution is -2.05. The van der Waals surface area contributed by atoms with Gasteiger partial charge in [-0.3, -0.25) is 9.48 Å². The first kappa shape index (κ1) is 13.3. The molecule has 0 bridgehead atoms. The monoisotopic (exact) mass is 258 g/mol. The number of hydrogen-bond donors (Lipinski definition) is 0. The minimum Gasteiger partial charge on any atom is -0.491 e. The van der Waals surface area contributed by atoms with Gasteiger partial charge in [0, 0.05) is 18.3 Å². The molecule has 19 heavy (non-hydrogen) atoms. The smallest absolute Gasteiger partial charge is 0.153 e. The summed E-state index contributed by atoms with van der Waals surface area (Å²) in [4.78, 5) is 11.1. The van der Waals surface area contributed by atoms with Crippen molar-refractivity contribution in [1.29, 1.82) is 0 Å². The number of aryl methyl sites for hydroxylation is 1. The second-order valence-electron chi connectivity index (χ2n) is 4.60. The maximum Gasteiger partial charge on any atom is 0.153 e. The van der Waals surface area contributed by atoms with Crippen LogP contribution < -0.4 is 4.74 Å². The Morgan fingerprint density at radius 3 is 2.53 bits per heavy atom. The molecule has 2 rings (SSSR count). The highest BCUT2D eigenvalue weighted by molar-refractivity contribution is 5.85. The first-order valence-electron chi connectivity index (χ1n) is 6.43. The Morgan fingerprint density at radius 1 is 1.32 bits per heavy atom. The summed E-state index contributed by atoms with van der Waals surface area (Å²) < 4.78 is 7.35. The van der Waals surface area contributed by atoms with Crippen molar-refractivity contribution in [2.24, 2.45) is 0 Å². The lowest BCUT2D eigenvalue weighted by Gasteiger charge is -2.09. The lowest BCUT2D eigenvalue weighted by atomic mass is 10.1. The van der Waals surface area contributed by atoms with Gasteiger partial charge in [-0.15, -0.1) is 0 Å². The summed E-state index contributed by atoms with van der Waals surface area (Å²) in [5.41, 5.74) is 2.25. The molecule has 1 aromatic carbocycles. The van der Waals surface area contributed by atoms with E-state index in [4.69, 9.17) is 4.74 Å². The normalized spacial score (nSPS) is 10.7. The largest absolute Gasteiger partial charge is 0.491 e. The number of aldehydes is 1. The molecule has 4 heteroatoms. The minimum absolute atomic E-state index is 0.149. The van der Waals surface area contributed by atoms with Crippen molar-refractivity contribution in [3.63, 3.8) is 0 Å². The van der Waals surface area contributed by atoms with Crippen molar-refractivity contribution in [3.8, 4) is 17.0 Å². The molecular formula is C15H18N2O2. The number of carbonyl (C=O) groups is 1. The van der Waals surface area contributed by atoms with E-state index in [0.29, 0.717) is 11.3 Å². The standard InChI is InChI=1S/C15H18N2O2/c1-4-17-9-13(10-18)15(16-17)12-5-7-14(8-6-12)19-11(2)3/h5-11H,4H2,1-3H3. The fourth-order valence-electron chi connectivity index (χ4n) is 1.87.